The van der Waals surface area contributed by atoms with E-state index in [1.54, 1.807) is 16.6 Å². The van der Waals surface area contributed by atoms with Crippen molar-refractivity contribution in [3.05, 3.63) is 46.5 Å². The number of carbonyl (C=O) groups excluding carboxylic acids is 2. The average Bonchev–Trinajstić information content (AvgIpc) is 2.98. The van der Waals surface area contributed by atoms with Crippen LogP contribution in [-0.4, -0.2) is 51.7 Å². The molecule has 1 aromatic heterocycles. The zero-order chi connectivity index (χ0) is 21.6. The number of benzene rings is 1. The molecule has 0 unspecified atom stereocenters. The van der Waals surface area contributed by atoms with Crippen LogP contribution in [0.1, 0.15) is 33.7 Å². The van der Waals surface area contributed by atoms with Gasteiger partial charge in [0.25, 0.3) is 5.91 Å². The van der Waals surface area contributed by atoms with Crippen LogP contribution >= 0.6 is 0 Å². The first-order valence-corrected chi connectivity index (χ1v) is 9.42. The lowest BCUT2D eigenvalue weighted by molar-refractivity contribution is -0.139. The SMILES string of the molecule is CN1CCCn2nc3c(c2C1=O)CN(C(=O)Nc1ccc(F)c(C(F)(F)F)c1)CC3. The van der Waals surface area contributed by atoms with Gasteiger partial charge in [-0.25, -0.2) is 9.18 Å². The molecule has 11 heteroatoms. The van der Waals surface area contributed by atoms with E-state index in [1.165, 1.54) is 4.90 Å². The molecule has 0 fully saturated rings. The molecule has 0 aliphatic carbocycles. The van der Waals surface area contributed by atoms with Gasteiger partial charge in [0.15, 0.2) is 0 Å². The van der Waals surface area contributed by atoms with Crippen molar-refractivity contribution < 1.29 is 27.2 Å². The fraction of sp³-hybridized carbons (Fsp3) is 0.421. The van der Waals surface area contributed by atoms with Crippen molar-refractivity contribution in [2.24, 2.45) is 0 Å². The summed E-state index contributed by atoms with van der Waals surface area (Å²) in [6, 6.07) is 1.67. The molecule has 2 aliphatic heterocycles. The Morgan fingerprint density at radius 3 is 2.70 bits per heavy atom. The highest BCUT2D eigenvalue weighted by Gasteiger charge is 2.35. The van der Waals surface area contributed by atoms with E-state index in [4.69, 9.17) is 0 Å². The van der Waals surface area contributed by atoms with E-state index in [2.05, 4.69) is 10.4 Å². The van der Waals surface area contributed by atoms with Gasteiger partial charge in [0.1, 0.15) is 11.5 Å². The Kier molecular flexibility index (Phi) is 4.91. The number of hydrogen-bond acceptors (Lipinski definition) is 3. The second-order valence-electron chi connectivity index (χ2n) is 7.37. The van der Waals surface area contributed by atoms with E-state index >= 15 is 0 Å². The van der Waals surface area contributed by atoms with Crippen molar-refractivity contribution in [3.8, 4) is 0 Å². The van der Waals surface area contributed by atoms with Gasteiger partial charge in [-0.1, -0.05) is 0 Å². The zero-order valence-electron chi connectivity index (χ0n) is 16.1. The summed E-state index contributed by atoms with van der Waals surface area (Å²) in [4.78, 5) is 28.4. The van der Waals surface area contributed by atoms with Crippen LogP contribution in [0.4, 0.5) is 28.0 Å². The molecule has 1 N–H and O–H groups in total. The number of aryl methyl sites for hydroxylation is 1. The Bertz CT molecular complexity index is 1020. The number of nitrogens with one attached hydrogen (secondary N) is 1. The number of anilines is 1. The van der Waals surface area contributed by atoms with Crippen LogP contribution in [-0.2, 0) is 25.7 Å². The fourth-order valence-electron chi connectivity index (χ4n) is 3.76. The molecule has 3 heterocycles. The van der Waals surface area contributed by atoms with Crippen LogP contribution in [0.15, 0.2) is 18.2 Å². The maximum absolute atomic E-state index is 13.5. The summed E-state index contributed by atoms with van der Waals surface area (Å²) in [7, 11) is 1.71. The summed E-state index contributed by atoms with van der Waals surface area (Å²) >= 11 is 0. The molecule has 0 spiro atoms. The highest BCUT2D eigenvalue weighted by molar-refractivity contribution is 5.95. The van der Waals surface area contributed by atoms with Gasteiger partial charge >= 0.3 is 12.2 Å². The molecule has 3 amide bonds. The molecule has 0 atom stereocenters. The number of nitrogens with zero attached hydrogens (tertiary/aromatic N) is 4. The Morgan fingerprint density at radius 1 is 1.20 bits per heavy atom. The molecule has 30 heavy (non-hydrogen) atoms. The average molecular weight is 425 g/mol. The normalized spacial score (nSPS) is 16.8. The molecule has 7 nitrogen and oxygen atoms in total. The first-order valence-electron chi connectivity index (χ1n) is 9.42. The van der Waals surface area contributed by atoms with Gasteiger partial charge in [0, 0.05) is 44.4 Å². The Hall–Kier alpha value is -3.11. The maximum Gasteiger partial charge on any atom is 0.419 e. The topological polar surface area (TPSA) is 70.5 Å². The highest BCUT2D eigenvalue weighted by Crippen LogP contribution is 2.33. The maximum atomic E-state index is 13.5. The van der Waals surface area contributed by atoms with Gasteiger partial charge in [-0.2, -0.15) is 18.3 Å². The molecule has 0 bridgehead atoms. The number of carbonyl (C=O) groups is 2. The number of fused-ring (bicyclic) bond motifs is 3. The number of alkyl halides is 3. The largest absolute Gasteiger partial charge is 0.419 e. The second-order valence-corrected chi connectivity index (χ2v) is 7.37. The number of hydrogen-bond donors (Lipinski definition) is 1. The van der Waals surface area contributed by atoms with Gasteiger partial charge in [0.2, 0.25) is 0 Å². The van der Waals surface area contributed by atoms with Crippen molar-refractivity contribution in [2.45, 2.75) is 32.1 Å². The third-order valence-corrected chi connectivity index (χ3v) is 5.32. The summed E-state index contributed by atoms with van der Waals surface area (Å²) in [5.74, 6) is -1.58. The molecular formula is C19H19F4N5O2. The first-order chi connectivity index (χ1) is 14.1. The standard InChI is InChI=1S/C19H19F4N5O2/c1-26-6-2-7-28-16(17(26)29)12-10-27(8-5-15(12)25-28)18(30)24-11-3-4-14(20)13(9-11)19(21,22)23/h3-4,9H,2,5-8,10H2,1H3,(H,24,30). The quantitative estimate of drug-likeness (QED) is 0.714. The van der Waals surface area contributed by atoms with Crippen LogP contribution in [0.5, 0.6) is 0 Å². The zero-order valence-corrected chi connectivity index (χ0v) is 16.1. The molecular weight excluding hydrogens is 406 g/mol. The van der Waals surface area contributed by atoms with Crippen molar-refractivity contribution in [2.75, 3.05) is 25.5 Å². The number of rotatable bonds is 1. The third-order valence-electron chi connectivity index (χ3n) is 5.32. The van der Waals surface area contributed by atoms with Gasteiger partial charge in [-0.15, -0.1) is 0 Å². The lowest BCUT2D eigenvalue weighted by Crippen LogP contribution is -2.39. The van der Waals surface area contributed by atoms with E-state index in [-0.39, 0.29) is 18.1 Å². The van der Waals surface area contributed by atoms with Crippen molar-refractivity contribution >= 4 is 17.6 Å². The lowest BCUT2D eigenvalue weighted by Gasteiger charge is -2.27. The molecule has 2 aromatic rings. The molecule has 0 saturated heterocycles. The van der Waals surface area contributed by atoms with Crippen LogP contribution < -0.4 is 5.32 Å². The lowest BCUT2D eigenvalue weighted by atomic mass is 10.0. The number of urea groups is 1. The van der Waals surface area contributed by atoms with Gasteiger partial charge in [-0.05, 0) is 24.6 Å². The van der Waals surface area contributed by atoms with Crippen LogP contribution in [0.3, 0.4) is 0 Å². The van der Waals surface area contributed by atoms with E-state index in [0.29, 0.717) is 49.4 Å². The molecule has 2 aliphatic rings. The van der Waals surface area contributed by atoms with E-state index in [9.17, 15) is 27.2 Å². The fourth-order valence-corrected chi connectivity index (χ4v) is 3.76. The van der Waals surface area contributed by atoms with Crippen molar-refractivity contribution in [1.29, 1.82) is 0 Å². The molecule has 1 aromatic carbocycles. The predicted molar refractivity (Wildman–Crippen MR) is 98.3 cm³/mol. The summed E-state index contributed by atoms with van der Waals surface area (Å²) in [5, 5.41) is 6.89. The van der Waals surface area contributed by atoms with E-state index in [1.807, 2.05) is 0 Å². The van der Waals surface area contributed by atoms with Crippen LogP contribution in [0.2, 0.25) is 0 Å². The minimum atomic E-state index is -4.87. The minimum absolute atomic E-state index is 0.114. The summed E-state index contributed by atoms with van der Waals surface area (Å²) in [5.41, 5.74) is 0.244. The molecule has 0 saturated carbocycles. The highest BCUT2D eigenvalue weighted by atomic mass is 19.4. The van der Waals surface area contributed by atoms with Gasteiger partial charge < -0.3 is 15.1 Å². The number of aromatic nitrogens is 2. The Morgan fingerprint density at radius 2 is 1.97 bits per heavy atom. The first kappa shape index (κ1) is 20.2. The summed E-state index contributed by atoms with van der Waals surface area (Å²) in [6.07, 6.45) is -3.67. The van der Waals surface area contributed by atoms with Crippen LogP contribution in [0, 0.1) is 5.82 Å². The second kappa shape index (κ2) is 7.29. The third kappa shape index (κ3) is 3.59. The molecule has 160 valence electrons. The Balaban J connectivity index is 1.55. The predicted octanol–water partition coefficient (Wildman–Crippen LogP) is 3.11. The number of halogens is 4. The van der Waals surface area contributed by atoms with Crippen molar-refractivity contribution in [1.82, 2.24) is 19.6 Å². The van der Waals surface area contributed by atoms with Gasteiger partial charge in [-0.3, -0.25) is 9.48 Å². The smallest absolute Gasteiger partial charge is 0.340 e. The van der Waals surface area contributed by atoms with Crippen molar-refractivity contribution in [3.63, 3.8) is 0 Å². The number of amides is 3. The molecule has 0 radical (unpaired) electrons. The van der Waals surface area contributed by atoms with Crippen LogP contribution in [0.25, 0.3) is 0 Å². The van der Waals surface area contributed by atoms with Gasteiger partial charge in [0.05, 0.1) is 17.8 Å². The van der Waals surface area contributed by atoms with E-state index in [0.717, 1.165) is 18.2 Å². The minimum Gasteiger partial charge on any atom is -0.340 e. The Labute approximate surface area is 169 Å². The summed E-state index contributed by atoms with van der Waals surface area (Å²) < 4.78 is 53.8. The van der Waals surface area contributed by atoms with E-state index < -0.39 is 23.6 Å². The monoisotopic (exact) mass is 425 g/mol. The summed E-state index contributed by atoms with van der Waals surface area (Å²) in [6.45, 7) is 1.61. The molecule has 4 rings (SSSR count).